The van der Waals surface area contributed by atoms with Gasteiger partial charge in [-0.2, -0.15) is 0 Å². The Bertz CT molecular complexity index is 921. The highest BCUT2D eigenvalue weighted by Gasteiger charge is 2.47. The van der Waals surface area contributed by atoms with Crippen LogP contribution in [0.3, 0.4) is 0 Å². The van der Waals surface area contributed by atoms with Gasteiger partial charge in [-0.1, -0.05) is 67.2 Å². The number of hydrogen-bond acceptors (Lipinski definition) is 2. The molecule has 25 heavy (non-hydrogen) atoms. The van der Waals surface area contributed by atoms with Gasteiger partial charge in [-0.15, -0.1) is 0 Å². The number of benzene rings is 3. The molecule has 1 atom stereocenters. The molecule has 1 heterocycles. The zero-order chi connectivity index (χ0) is 17.3. The van der Waals surface area contributed by atoms with E-state index in [1.54, 1.807) is 17.0 Å². The van der Waals surface area contributed by atoms with E-state index in [0.29, 0.717) is 11.3 Å². The lowest BCUT2D eigenvalue weighted by atomic mass is 9.95. The molecular formula is C22H17NO2. The van der Waals surface area contributed by atoms with Crippen LogP contribution in [0.5, 0.6) is 5.75 Å². The highest BCUT2D eigenvalue weighted by Crippen LogP contribution is 2.43. The van der Waals surface area contributed by atoms with Crippen molar-refractivity contribution in [2.75, 3.05) is 4.90 Å². The van der Waals surface area contributed by atoms with Crippen LogP contribution in [0.25, 0.3) is 0 Å². The molecule has 0 spiro atoms. The predicted molar refractivity (Wildman–Crippen MR) is 98.6 cm³/mol. The monoisotopic (exact) mass is 327 g/mol. The summed E-state index contributed by atoms with van der Waals surface area (Å²) in [5, 5.41) is 0. The maximum Gasteiger partial charge on any atom is 0.265 e. The molecule has 1 amide bonds. The highest BCUT2D eigenvalue weighted by molar-refractivity contribution is 6.10. The van der Waals surface area contributed by atoms with E-state index < -0.39 is 5.72 Å². The number of fused-ring (bicyclic) bond motifs is 1. The van der Waals surface area contributed by atoms with Gasteiger partial charge in [-0.3, -0.25) is 9.69 Å². The first-order chi connectivity index (χ1) is 12.3. The molecular weight excluding hydrogens is 310 g/mol. The summed E-state index contributed by atoms with van der Waals surface area (Å²) in [7, 11) is 0. The summed E-state index contributed by atoms with van der Waals surface area (Å²) >= 11 is 0. The zero-order valence-electron chi connectivity index (χ0n) is 13.6. The van der Waals surface area contributed by atoms with Gasteiger partial charge < -0.3 is 4.74 Å². The second-order valence-corrected chi connectivity index (χ2v) is 5.84. The molecule has 3 nitrogen and oxygen atoms in total. The maximum absolute atomic E-state index is 13.4. The molecule has 0 radical (unpaired) electrons. The van der Waals surface area contributed by atoms with Crippen molar-refractivity contribution in [3.8, 4) is 5.75 Å². The molecule has 122 valence electrons. The number of anilines is 1. The third-order valence-corrected chi connectivity index (χ3v) is 4.40. The van der Waals surface area contributed by atoms with Gasteiger partial charge in [0.15, 0.2) is 0 Å². The maximum atomic E-state index is 13.4. The predicted octanol–water partition coefficient (Wildman–Crippen LogP) is 4.76. The Balaban J connectivity index is 2.00. The molecule has 1 aliphatic rings. The Morgan fingerprint density at radius 3 is 2.12 bits per heavy atom. The van der Waals surface area contributed by atoms with E-state index in [4.69, 9.17) is 4.74 Å². The molecule has 0 bridgehead atoms. The van der Waals surface area contributed by atoms with Gasteiger partial charge in [-0.05, 0) is 30.3 Å². The van der Waals surface area contributed by atoms with Gasteiger partial charge in [0.05, 0.1) is 5.56 Å². The van der Waals surface area contributed by atoms with Crippen molar-refractivity contribution in [1.29, 1.82) is 0 Å². The van der Waals surface area contributed by atoms with Crippen molar-refractivity contribution in [3.05, 3.63) is 109 Å². The first kappa shape index (κ1) is 15.2. The van der Waals surface area contributed by atoms with Crippen LogP contribution in [0.1, 0.15) is 15.9 Å². The molecule has 3 aromatic rings. The van der Waals surface area contributed by atoms with Crippen molar-refractivity contribution in [3.63, 3.8) is 0 Å². The molecule has 0 fully saturated rings. The van der Waals surface area contributed by atoms with E-state index in [1.807, 2.05) is 78.9 Å². The number of ether oxygens (including phenoxy) is 1. The van der Waals surface area contributed by atoms with Crippen molar-refractivity contribution in [2.24, 2.45) is 0 Å². The van der Waals surface area contributed by atoms with Gasteiger partial charge >= 0.3 is 0 Å². The average molecular weight is 327 g/mol. The van der Waals surface area contributed by atoms with Crippen LogP contribution in [0.2, 0.25) is 0 Å². The van der Waals surface area contributed by atoms with Gasteiger partial charge in [0, 0.05) is 11.3 Å². The smallest absolute Gasteiger partial charge is 0.265 e. The van der Waals surface area contributed by atoms with Gasteiger partial charge in [0.2, 0.25) is 5.72 Å². The summed E-state index contributed by atoms with van der Waals surface area (Å²) in [6, 6.07) is 26.5. The van der Waals surface area contributed by atoms with E-state index in [1.165, 1.54) is 0 Å². The molecule has 4 rings (SSSR count). The number of para-hydroxylation sites is 2. The summed E-state index contributed by atoms with van der Waals surface area (Å²) in [6.07, 6.45) is 1.68. The minimum absolute atomic E-state index is 0.114. The standard InChI is InChI=1S/C22H17NO2/c1-2-22(17-11-5-3-6-12-17)23(18-13-7-4-8-14-18)21(24)19-15-9-10-16-20(19)25-22/h2-16H,1H2. The van der Waals surface area contributed by atoms with E-state index in [2.05, 4.69) is 6.58 Å². The largest absolute Gasteiger partial charge is 0.459 e. The highest BCUT2D eigenvalue weighted by atomic mass is 16.5. The minimum Gasteiger partial charge on any atom is -0.459 e. The number of amides is 1. The lowest BCUT2D eigenvalue weighted by Crippen LogP contribution is -2.55. The number of carbonyl (C=O) groups excluding carboxylic acids is 1. The van der Waals surface area contributed by atoms with Gasteiger partial charge in [0.25, 0.3) is 5.91 Å². The molecule has 1 unspecified atom stereocenters. The second kappa shape index (κ2) is 5.95. The van der Waals surface area contributed by atoms with Crippen LogP contribution in [-0.4, -0.2) is 5.91 Å². The molecule has 3 heteroatoms. The van der Waals surface area contributed by atoms with E-state index >= 15 is 0 Å². The Kier molecular flexibility index (Phi) is 3.62. The third kappa shape index (κ3) is 2.32. The fourth-order valence-corrected chi connectivity index (χ4v) is 3.22. The Labute approximate surface area is 146 Å². The van der Waals surface area contributed by atoms with Crippen molar-refractivity contribution in [2.45, 2.75) is 5.72 Å². The first-order valence-corrected chi connectivity index (χ1v) is 8.13. The van der Waals surface area contributed by atoms with Crippen LogP contribution >= 0.6 is 0 Å². The van der Waals surface area contributed by atoms with Gasteiger partial charge in [0.1, 0.15) is 5.75 Å². The van der Waals surface area contributed by atoms with Crippen LogP contribution in [-0.2, 0) is 5.72 Å². The fraction of sp³-hybridized carbons (Fsp3) is 0.0455. The van der Waals surface area contributed by atoms with E-state index in [9.17, 15) is 4.79 Å². The number of carbonyl (C=O) groups is 1. The normalized spacial score (nSPS) is 19.0. The lowest BCUT2D eigenvalue weighted by Gasteiger charge is -2.45. The topological polar surface area (TPSA) is 29.5 Å². The third-order valence-electron chi connectivity index (χ3n) is 4.40. The molecule has 3 aromatic carbocycles. The van der Waals surface area contributed by atoms with Crippen molar-refractivity contribution in [1.82, 2.24) is 0 Å². The molecule has 0 saturated heterocycles. The molecule has 0 saturated carbocycles. The summed E-state index contributed by atoms with van der Waals surface area (Å²) in [5.41, 5.74) is 1.04. The van der Waals surface area contributed by atoms with E-state index in [0.717, 1.165) is 11.3 Å². The second-order valence-electron chi connectivity index (χ2n) is 5.84. The quantitative estimate of drug-likeness (QED) is 0.649. The zero-order valence-corrected chi connectivity index (χ0v) is 13.6. The first-order valence-electron chi connectivity index (χ1n) is 8.13. The Hall–Kier alpha value is -3.33. The van der Waals surface area contributed by atoms with Crippen molar-refractivity contribution >= 4 is 11.6 Å². The van der Waals surface area contributed by atoms with Crippen LogP contribution < -0.4 is 9.64 Å². The fourth-order valence-electron chi connectivity index (χ4n) is 3.22. The van der Waals surface area contributed by atoms with E-state index in [-0.39, 0.29) is 5.91 Å². The minimum atomic E-state index is -1.10. The summed E-state index contributed by atoms with van der Waals surface area (Å²) in [5.74, 6) is 0.445. The lowest BCUT2D eigenvalue weighted by molar-refractivity contribution is 0.0668. The molecule has 0 aliphatic carbocycles. The van der Waals surface area contributed by atoms with Crippen molar-refractivity contribution < 1.29 is 9.53 Å². The summed E-state index contributed by atoms with van der Waals surface area (Å²) in [6.45, 7) is 4.00. The number of hydrogen-bond donors (Lipinski definition) is 0. The van der Waals surface area contributed by atoms with Crippen LogP contribution in [0.4, 0.5) is 5.69 Å². The SMILES string of the molecule is C=CC1(c2ccccc2)Oc2ccccc2C(=O)N1c1ccccc1. The summed E-state index contributed by atoms with van der Waals surface area (Å²) < 4.78 is 6.38. The summed E-state index contributed by atoms with van der Waals surface area (Å²) in [4.78, 5) is 15.0. The number of rotatable bonds is 3. The Morgan fingerprint density at radius 2 is 1.44 bits per heavy atom. The molecule has 0 N–H and O–H groups in total. The molecule has 0 aromatic heterocycles. The van der Waals surface area contributed by atoms with Crippen LogP contribution in [0.15, 0.2) is 97.6 Å². The van der Waals surface area contributed by atoms with Crippen LogP contribution in [0, 0.1) is 0 Å². The van der Waals surface area contributed by atoms with Gasteiger partial charge in [-0.25, -0.2) is 0 Å². The average Bonchev–Trinajstić information content (AvgIpc) is 2.69. The molecule has 1 aliphatic heterocycles. The Morgan fingerprint density at radius 1 is 0.840 bits per heavy atom. The number of nitrogens with zero attached hydrogens (tertiary/aromatic N) is 1.